The zero-order valence-corrected chi connectivity index (χ0v) is 39.1. The quantitative estimate of drug-likeness (QED) is 0.0598. The molecule has 6 aromatic rings. The smallest absolute Gasteiger partial charge is 0.338 e. The van der Waals surface area contributed by atoms with Gasteiger partial charge in [-0.1, -0.05) is 104 Å². The number of ether oxygens (including phenoxy) is 7. The predicted octanol–water partition coefficient (Wildman–Crippen LogP) is 6.99. The van der Waals surface area contributed by atoms with Gasteiger partial charge in [-0.15, -0.1) is 0 Å². The van der Waals surface area contributed by atoms with Crippen molar-refractivity contribution in [1.82, 2.24) is 0 Å². The van der Waals surface area contributed by atoms with Crippen LogP contribution in [0.1, 0.15) is 116 Å². The second-order valence-corrected chi connectivity index (χ2v) is 17.4. The van der Waals surface area contributed by atoms with Crippen molar-refractivity contribution in [3.8, 4) is 11.5 Å². The average molecular weight is 991 g/mol. The third-order valence-electron chi connectivity index (χ3n) is 13.2. The van der Waals surface area contributed by atoms with Crippen molar-refractivity contribution in [1.29, 1.82) is 0 Å². The molecule has 0 amide bonds. The molecule has 1 saturated heterocycles. The highest BCUT2D eigenvalue weighted by Gasteiger charge is 2.58. The summed E-state index contributed by atoms with van der Waals surface area (Å²) in [5.41, 5.74) is -4.51. The van der Waals surface area contributed by atoms with Gasteiger partial charge in [-0.25, -0.2) is 19.2 Å². The van der Waals surface area contributed by atoms with Crippen molar-refractivity contribution < 1.29 is 82.0 Å². The van der Waals surface area contributed by atoms with E-state index in [1.54, 1.807) is 72.8 Å². The number of aliphatic hydroxyl groups is 1. The summed E-state index contributed by atoms with van der Waals surface area (Å²) in [7, 11) is 1.03. The maximum Gasteiger partial charge on any atom is 0.338 e. The molecule has 17 heteroatoms. The van der Waals surface area contributed by atoms with Crippen LogP contribution in [-0.2, 0) is 38.0 Å². The summed E-state index contributed by atoms with van der Waals surface area (Å²) in [5, 5.41) is 37.3. The molecule has 0 unspecified atom stereocenters. The monoisotopic (exact) mass is 990 g/mol. The molecule has 73 heavy (non-hydrogen) atoms. The van der Waals surface area contributed by atoms with Crippen LogP contribution in [0.4, 0.5) is 0 Å². The van der Waals surface area contributed by atoms with Gasteiger partial charge in [-0.2, -0.15) is 0 Å². The molecule has 17 nitrogen and oxygen atoms in total. The Morgan fingerprint density at radius 1 is 0.575 bits per heavy atom. The molecule has 0 spiro atoms. The van der Waals surface area contributed by atoms with Gasteiger partial charge in [0.1, 0.15) is 30.1 Å². The molecule has 8 atom stereocenters. The molecule has 1 aliphatic heterocycles. The minimum absolute atomic E-state index is 0.00641. The number of benzene rings is 6. The summed E-state index contributed by atoms with van der Waals surface area (Å²) < 4.78 is 42.8. The molecule has 0 radical (unpaired) electrons. The van der Waals surface area contributed by atoms with Gasteiger partial charge < -0.3 is 48.5 Å². The van der Waals surface area contributed by atoms with Gasteiger partial charge in [-0.05, 0) is 55.0 Å². The molecule has 1 heterocycles. The first kappa shape index (κ1) is 49.5. The number of methoxy groups -OCH3 is 1. The fourth-order valence-corrected chi connectivity index (χ4v) is 9.50. The van der Waals surface area contributed by atoms with E-state index in [9.17, 15) is 48.9 Å². The molecular weight excluding hydrogens is 945 g/mol. The van der Waals surface area contributed by atoms with Crippen molar-refractivity contribution in [3.05, 3.63) is 201 Å². The first-order valence-electron chi connectivity index (χ1n) is 23.2. The van der Waals surface area contributed by atoms with E-state index in [2.05, 4.69) is 0 Å². The van der Waals surface area contributed by atoms with Gasteiger partial charge in [0.2, 0.25) is 0 Å². The molecule has 0 bridgehead atoms. The van der Waals surface area contributed by atoms with E-state index in [0.717, 1.165) is 7.11 Å². The second-order valence-electron chi connectivity index (χ2n) is 17.4. The number of hydrogen-bond donors (Lipinski definition) is 3. The van der Waals surface area contributed by atoms with Crippen molar-refractivity contribution in [2.24, 2.45) is 0 Å². The Hall–Kier alpha value is -8.51. The first-order valence-corrected chi connectivity index (χ1v) is 23.2. The van der Waals surface area contributed by atoms with Crippen LogP contribution in [0.25, 0.3) is 0 Å². The van der Waals surface area contributed by atoms with E-state index < -0.39 is 137 Å². The van der Waals surface area contributed by atoms with E-state index in [-0.39, 0.29) is 39.8 Å². The molecule has 2 aliphatic carbocycles. The number of esters is 5. The summed E-state index contributed by atoms with van der Waals surface area (Å²) in [5.74, 6) is -10.3. The molecule has 3 N–H and O–H groups in total. The maximum absolute atomic E-state index is 14.3. The van der Waals surface area contributed by atoms with E-state index in [1.165, 1.54) is 79.7 Å². The Kier molecular flexibility index (Phi) is 14.0. The number of ketones is 2. The number of carbonyl (C=O) groups excluding carboxylic acids is 7. The molecule has 372 valence electrons. The largest absolute Gasteiger partial charge is 0.507 e. The second kappa shape index (κ2) is 20.7. The number of phenols is 2. The van der Waals surface area contributed by atoms with Gasteiger partial charge in [0.25, 0.3) is 0 Å². The molecule has 0 saturated carbocycles. The highest BCUT2D eigenvalue weighted by Crippen LogP contribution is 2.57. The summed E-state index contributed by atoms with van der Waals surface area (Å²) in [6.07, 6.45) is -12.0. The van der Waals surface area contributed by atoms with Gasteiger partial charge >= 0.3 is 29.8 Å². The Morgan fingerprint density at radius 3 is 1.44 bits per heavy atom. The van der Waals surface area contributed by atoms with Gasteiger partial charge in [0.15, 0.2) is 36.2 Å². The van der Waals surface area contributed by atoms with Crippen molar-refractivity contribution in [3.63, 3.8) is 0 Å². The lowest BCUT2D eigenvalue weighted by Crippen LogP contribution is -2.63. The molecule has 1 fully saturated rings. The lowest BCUT2D eigenvalue weighted by molar-refractivity contribution is -0.313. The van der Waals surface area contributed by atoms with Crippen LogP contribution in [0.3, 0.4) is 0 Å². The highest BCUT2D eigenvalue weighted by atomic mass is 16.7. The summed E-state index contributed by atoms with van der Waals surface area (Å²) >= 11 is 0. The normalized spacial score (nSPS) is 22.9. The van der Waals surface area contributed by atoms with Crippen LogP contribution in [0, 0.1) is 0 Å². The molecular formula is C56H46O17. The first-order chi connectivity index (χ1) is 35.2. The fourth-order valence-electron chi connectivity index (χ4n) is 9.50. The summed E-state index contributed by atoms with van der Waals surface area (Å²) in [6.45, 7) is 0.779. The van der Waals surface area contributed by atoms with E-state index in [1.807, 2.05) is 0 Å². The number of carbonyl (C=O) groups is 7. The number of fused-ring (bicyclic) bond motifs is 3. The Labute approximate surface area is 416 Å². The SMILES string of the molecule is CC[C@@]1(O)C[C@H](O[C@@H]2O[C@H](COC(=O)c3ccccc3)[C@H](OC(=O)c3ccccc3)[C@H](OC(=O)c3ccccc3)[C@H]2OC(=O)c2ccccc2)c2c(O)c3c(c(O)c2[C@H]1C(=O)OC)C(=O)c1ccccc1C3=O. The average Bonchev–Trinajstić information content (AvgIpc) is 3.42. The Bertz CT molecular complexity index is 3110. The van der Waals surface area contributed by atoms with Crippen LogP contribution in [0.5, 0.6) is 11.5 Å². The third-order valence-corrected chi connectivity index (χ3v) is 13.2. The van der Waals surface area contributed by atoms with Crippen molar-refractivity contribution in [2.45, 2.75) is 68.1 Å². The minimum atomic E-state index is -2.22. The lowest BCUT2D eigenvalue weighted by atomic mass is 9.66. The third kappa shape index (κ3) is 9.44. The number of rotatable bonds is 13. The topological polar surface area (TPSA) is 245 Å². The summed E-state index contributed by atoms with van der Waals surface area (Å²) in [6, 6.07) is 36.6. The molecule has 0 aromatic heterocycles. The maximum atomic E-state index is 14.3. The minimum Gasteiger partial charge on any atom is -0.507 e. The zero-order valence-electron chi connectivity index (χ0n) is 39.1. The Balaban J connectivity index is 1.23. The van der Waals surface area contributed by atoms with E-state index in [0.29, 0.717) is 0 Å². The number of hydrogen-bond acceptors (Lipinski definition) is 17. The van der Waals surface area contributed by atoms with Crippen molar-refractivity contribution >= 4 is 41.4 Å². The van der Waals surface area contributed by atoms with E-state index >= 15 is 0 Å². The van der Waals surface area contributed by atoms with Gasteiger partial charge in [0.05, 0.1) is 52.2 Å². The zero-order chi connectivity index (χ0) is 51.6. The number of aromatic hydroxyl groups is 2. The highest BCUT2D eigenvalue weighted by molar-refractivity contribution is 6.30. The van der Waals surface area contributed by atoms with Crippen LogP contribution in [0.2, 0.25) is 0 Å². The van der Waals surface area contributed by atoms with Gasteiger partial charge in [-0.3, -0.25) is 14.4 Å². The van der Waals surface area contributed by atoms with Crippen LogP contribution < -0.4 is 0 Å². The van der Waals surface area contributed by atoms with E-state index in [4.69, 9.17) is 33.2 Å². The molecule has 9 rings (SSSR count). The van der Waals surface area contributed by atoms with Crippen molar-refractivity contribution in [2.75, 3.05) is 13.7 Å². The standard InChI is InChI=1S/C56H46O17/c1-3-56(66)28-36(38-39(42(56)54(65)67-2)46(60)41-40(45(38)59)43(57)34-26-16-17-27-35(34)44(41)58)69-55-49(73-53(64)33-24-14-7-15-25-33)48(72-52(63)32-22-12-6-13-23-32)47(71-51(62)31-20-10-5-11-21-31)37(70-55)29-68-50(61)30-18-8-4-9-19-30/h4-27,36-37,42,47-49,55,59-60,66H,3,28-29H2,1-2H3/t36-,37+,42-,47-,48-,49+,55+,56+/m0/s1. The van der Waals surface area contributed by atoms with Gasteiger partial charge in [0, 0.05) is 28.7 Å². The molecule has 6 aromatic carbocycles. The molecule has 3 aliphatic rings. The Morgan fingerprint density at radius 2 is 0.986 bits per heavy atom. The summed E-state index contributed by atoms with van der Waals surface area (Å²) in [4.78, 5) is 98.6. The predicted molar refractivity (Wildman–Crippen MR) is 254 cm³/mol. The lowest BCUT2D eigenvalue weighted by Gasteiger charge is -2.47. The van der Waals surface area contributed by atoms with Crippen LogP contribution >= 0.6 is 0 Å². The fraction of sp³-hybridized carbons (Fsp3) is 0.232. The van der Waals surface area contributed by atoms with Crippen LogP contribution in [0.15, 0.2) is 146 Å². The van der Waals surface area contributed by atoms with Crippen LogP contribution in [-0.4, -0.2) is 107 Å². The number of phenolic OH excluding ortho intramolecular Hbond substituents is 2.